The molecule has 1 N–H and O–H groups in total. The molecule has 0 heterocycles. The largest absolute Gasteiger partial charge is 0.392 e. The van der Waals surface area contributed by atoms with Gasteiger partial charge in [-0.15, -0.1) is 0 Å². The second-order valence-electron chi connectivity index (χ2n) is 8.44. The molecule has 0 atom stereocenters. The van der Waals surface area contributed by atoms with E-state index in [2.05, 4.69) is 20.8 Å². The lowest BCUT2D eigenvalue weighted by Crippen LogP contribution is -2.14. The normalized spacial score (nSPS) is 12.1. The van der Waals surface area contributed by atoms with Gasteiger partial charge in [0.2, 0.25) is 0 Å². The van der Waals surface area contributed by atoms with Crippen molar-refractivity contribution < 1.29 is 14.7 Å². The predicted octanol–water partition coefficient (Wildman–Crippen LogP) is 5.35. The third kappa shape index (κ3) is 6.65. The van der Waals surface area contributed by atoms with Crippen molar-refractivity contribution in [3.05, 3.63) is 81.9 Å². The Morgan fingerprint density at radius 3 is 1.93 bits per heavy atom. The lowest BCUT2D eigenvalue weighted by molar-refractivity contribution is -0.121. The maximum atomic E-state index is 12.1. The van der Waals surface area contributed by atoms with Gasteiger partial charge in [0.25, 0.3) is 0 Å². The molecule has 0 fully saturated rings. The molecule has 0 amide bonds. The molecule has 0 unspecified atom stereocenters. The van der Waals surface area contributed by atoms with E-state index in [4.69, 9.17) is 0 Å². The smallest absolute Gasteiger partial charge is 0.163 e. The molecule has 152 valence electrons. The quantitative estimate of drug-likeness (QED) is 0.512. The minimum atomic E-state index is -0.245. The molecule has 0 saturated heterocycles. The molecule has 2 aromatic carbocycles. The summed E-state index contributed by atoms with van der Waals surface area (Å²) in [7, 11) is 0. The SMILES string of the molecule is Cc1ccc(/C=C/C(=O)CC(=O)/C=C/c2ccc(C(C)(C)C)c(CO)c2)cc1C. The first-order chi connectivity index (χ1) is 13.6. The first kappa shape index (κ1) is 22.5. The summed E-state index contributed by atoms with van der Waals surface area (Å²) < 4.78 is 0. The second-order valence-corrected chi connectivity index (χ2v) is 8.44. The summed E-state index contributed by atoms with van der Waals surface area (Å²) in [5, 5.41) is 9.64. The van der Waals surface area contributed by atoms with Crippen LogP contribution in [0.1, 0.15) is 60.6 Å². The Kier molecular flexibility index (Phi) is 7.46. The highest BCUT2D eigenvalue weighted by Gasteiger charge is 2.17. The minimum absolute atomic E-state index is 0.0516. The summed E-state index contributed by atoms with van der Waals surface area (Å²) in [4.78, 5) is 24.2. The Morgan fingerprint density at radius 1 is 0.862 bits per heavy atom. The van der Waals surface area contributed by atoms with Gasteiger partial charge in [0.1, 0.15) is 0 Å². The van der Waals surface area contributed by atoms with Crippen LogP contribution in [0.15, 0.2) is 48.6 Å². The van der Waals surface area contributed by atoms with Gasteiger partial charge in [-0.3, -0.25) is 9.59 Å². The molecule has 2 aromatic rings. The predicted molar refractivity (Wildman–Crippen MR) is 120 cm³/mol. The van der Waals surface area contributed by atoms with Crippen LogP contribution in [-0.4, -0.2) is 16.7 Å². The van der Waals surface area contributed by atoms with Crippen molar-refractivity contribution in [2.75, 3.05) is 0 Å². The highest BCUT2D eigenvalue weighted by Crippen LogP contribution is 2.27. The Bertz CT molecular complexity index is 956. The molecule has 3 nitrogen and oxygen atoms in total. The van der Waals surface area contributed by atoms with Gasteiger partial charge >= 0.3 is 0 Å². The molecule has 0 aliphatic rings. The van der Waals surface area contributed by atoms with Crippen molar-refractivity contribution in [1.29, 1.82) is 0 Å². The number of hydrogen-bond acceptors (Lipinski definition) is 3. The monoisotopic (exact) mass is 390 g/mol. The van der Waals surface area contributed by atoms with E-state index in [9.17, 15) is 14.7 Å². The van der Waals surface area contributed by atoms with Crippen LogP contribution in [0.3, 0.4) is 0 Å². The molecule has 0 spiro atoms. The lowest BCUT2D eigenvalue weighted by Gasteiger charge is -2.22. The van der Waals surface area contributed by atoms with Gasteiger partial charge < -0.3 is 5.11 Å². The van der Waals surface area contributed by atoms with E-state index in [1.54, 1.807) is 12.2 Å². The summed E-state index contributed by atoms with van der Waals surface area (Å²) in [6.45, 7) is 10.3. The standard InChI is InChI=1S/C26H30O3/c1-18-6-7-20(14-19(18)2)8-11-23(28)16-24(29)12-9-21-10-13-25(26(3,4)5)22(15-21)17-27/h6-15,27H,16-17H2,1-5H3/b11-8+,12-9+. The summed E-state index contributed by atoms with van der Waals surface area (Å²) in [5.74, 6) is -0.470. The zero-order valence-corrected chi connectivity index (χ0v) is 18.0. The fourth-order valence-electron chi connectivity index (χ4n) is 3.12. The van der Waals surface area contributed by atoms with E-state index < -0.39 is 0 Å². The number of allylic oxidation sites excluding steroid dienone is 2. The zero-order valence-electron chi connectivity index (χ0n) is 18.0. The molecule has 0 aliphatic carbocycles. The van der Waals surface area contributed by atoms with Crippen molar-refractivity contribution in [2.24, 2.45) is 0 Å². The molecule has 29 heavy (non-hydrogen) atoms. The van der Waals surface area contributed by atoms with Crippen LogP contribution in [-0.2, 0) is 21.6 Å². The summed E-state index contributed by atoms with van der Waals surface area (Å²) in [6, 6.07) is 11.8. The highest BCUT2D eigenvalue weighted by molar-refractivity contribution is 6.10. The number of rotatable bonds is 7. The Morgan fingerprint density at radius 2 is 1.41 bits per heavy atom. The van der Waals surface area contributed by atoms with Crippen LogP contribution < -0.4 is 0 Å². The Balaban J connectivity index is 2.01. The minimum Gasteiger partial charge on any atom is -0.392 e. The highest BCUT2D eigenvalue weighted by atomic mass is 16.3. The van der Waals surface area contributed by atoms with E-state index in [0.29, 0.717) is 0 Å². The molecule has 2 rings (SSSR count). The van der Waals surface area contributed by atoms with Gasteiger partial charge in [-0.1, -0.05) is 63.3 Å². The second kappa shape index (κ2) is 9.62. The van der Waals surface area contributed by atoms with Crippen LogP contribution in [0.25, 0.3) is 12.2 Å². The number of carbonyl (C=O) groups excluding carboxylic acids is 2. The summed E-state index contributed by atoms with van der Waals surface area (Å²) in [5.41, 5.74) is 6.00. The maximum Gasteiger partial charge on any atom is 0.163 e. The molecule has 0 radical (unpaired) electrons. The number of aryl methyl sites for hydroxylation is 2. The van der Waals surface area contributed by atoms with Crippen LogP contribution in [0.4, 0.5) is 0 Å². The van der Waals surface area contributed by atoms with Crippen LogP contribution >= 0.6 is 0 Å². The Labute approximate surface area is 173 Å². The third-order valence-electron chi connectivity index (χ3n) is 4.91. The first-order valence-electron chi connectivity index (χ1n) is 9.83. The molecular formula is C26H30O3. The molecule has 3 heteroatoms. The fourth-order valence-corrected chi connectivity index (χ4v) is 3.12. The van der Waals surface area contributed by atoms with Gasteiger partial charge in [-0.2, -0.15) is 0 Å². The van der Waals surface area contributed by atoms with E-state index in [0.717, 1.165) is 22.3 Å². The van der Waals surface area contributed by atoms with Crippen molar-refractivity contribution >= 4 is 23.7 Å². The van der Waals surface area contributed by atoms with E-state index in [1.165, 1.54) is 23.3 Å². The van der Waals surface area contributed by atoms with Gasteiger partial charge in [0.15, 0.2) is 11.6 Å². The van der Waals surface area contributed by atoms with E-state index in [1.807, 2.05) is 50.2 Å². The van der Waals surface area contributed by atoms with Crippen molar-refractivity contribution in [3.63, 3.8) is 0 Å². The zero-order chi connectivity index (χ0) is 21.6. The summed E-state index contributed by atoms with van der Waals surface area (Å²) >= 11 is 0. The number of ketones is 2. The van der Waals surface area contributed by atoms with Crippen molar-refractivity contribution in [2.45, 2.75) is 53.1 Å². The van der Waals surface area contributed by atoms with E-state index >= 15 is 0 Å². The summed E-state index contributed by atoms with van der Waals surface area (Å²) in [6.07, 6.45) is 6.15. The Hall–Kier alpha value is -2.78. The van der Waals surface area contributed by atoms with Gasteiger partial charge in [0.05, 0.1) is 13.0 Å². The number of benzene rings is 2. The first-order valence-corrected chi connectivity index (χ1v) is 9.83. The topological polar surface area (TPSA) is 54.4 Å². The maximum absolute atomic E-state index is 12.1. The van der Waals surface area contributed by atoms with Crippen LogP contribution in [0, 0.1) is 13.8 Å². The van der Waals surface area contributed by atoms with Gasteiger partial charge in [0, 0.05) is 0 Å². The molecule has 0 saturated carbocycles. The third-order valence-corrected chi connectivity index (χ3v) is 4.91. The van der Waals surface area contributed by atoms with Gasteiger partial charge in [-0.25, -0.2) is 0 Å². The number of aliphatic hydroxyl groups is 1. The molecular weight excluding hydrogens is 360 g/mol. The molecule has 0 aliphatic heterocycles. The van der Waals surface area contributed by atoms with E-state index in [-0.39, 0.29) is 30.0 Å². The molecule has 0 bridgehead atoms. The number of hydrogen-bond donors (Lipinski definition) is 1. The average molecular weight is 391 g/mol. The number of aliphatic hydroxyl groups excluding tert-OH is 1. The van der Waals surface area contributed by atoms with Crippen molar-refractivity contribution in [1.82, 2.24) is 0 Å². The molecule has 0 aromatic heterocycles. The average Bonchev–Trinajstić information content (AvgIpc) is 2.66. The fraction of sp³-hybridized carbons (Fsp3) is 0.308. The van der Waals surface area contributed by atoms with Crippen LogP contribution in [0.5, 0.6) is 0 Å². The van der Waals surface area contributed by atoms with Gasteiger partial charge in [-0.05, 0) is 70.9 Å². The lowest BCUT2D eigenvalue weighted by atomic mass is 9.83. The number of carbonyl (C=O) groups is 2. The van der Waals surface area contributed by atoms with Crippen LogP contribution in [0.2, 0.25) is 0 Å². The van der Waals surface area contributed by atoms with Crippen molar-refractivity contribution in [3.8, 4) is 0 Å².